The van der Waals surface area contributed by atoms with Crippen LogP contribution in [0.4, 0.5) is 0 Å². The van der Waals surface area contributed by atoms with Gasteiger partial charge in [0.15, 0.2) is 0 Å². The van der Waals surface area contributed by atoms with E-state index in [1.165, 1.54) is 11.3 Å². The Morgan fingerprint density at radius 2 is 2.16 bits per heavy atom. The minimum absolute atomic E-state index is 0.165. The number of nitriles is 1. The van der Waals surface area contributed by atoms with Crippen LogP contribution in [0.25, 0.3) is 0 Å². The molecule has 4 heteroatoms. The minimum atomic E-state index is -0.165. The van der Waals surface area contributed by atoms with E-state index in [-0.39, 0.29) is 4.87 Å². The Morgan fingerprint density at radius 3 is 2.84 bits per heavy atom. The molecule has 19 heavy (non-hydrogen) atoms. The Kier molecular flexibility index (Phi) is 3.09. The van der Waals surface area contributed by atoms with Gasteiger partial charge in [-0.05, 0) is 36.1 Å². The normalized spacial score (nSPS) is 24.8. The third kappa shape index (κ3) is 1.86. The lowest BCUT2D eigenvalue weighted by molar-refractivity contribution is 0.293. The average molecular weight is 269 g/mol. The molecule has 1 fully saturated rings. The average Bonchev–Trinajstić information content (AvgIpc) is 2.96. The molecule has 1 aromatic carbocycles. The molecule has 3 nitrogen and oxygen atoms in total. The van der Waals surface area contributed by atoms with Crippen LogP contribution >= 0.6 is 11.8 Å². The monoisotopic (exact) mass is 269 g/mol. The summed E-state index contributed by atoms with van der Waals surface area (Å²) in [7, 11) is 0. The van der Waals surface area contributed by atoms with Crippen LogP contribution in [0.15, 0.2) is 48.2 Å². The topological polar surface area (TPSA) is 39.1 Å². The first-order valence-electron chi connectivity index (χ1n) is 6.23. The number of nitrogens with one attached hydrogen (secondary N) is 1. The highest BCUT2D eigenvalue weighted by atomic mass is 32.2. The van der Waals surface area contributed by atoms with Crippen LogP contribution in [-0.2, 0) is 4.87 Å². The maximum Gasteiger partial charge on any atom is 0.131 e. The predicted octanol–water partition coefficient (Wildman–Crippen LogP) is 2.39. The summed E-state index contributed by atoms with van der Waals surface area (Å²) in [4.78, 5) is 2.22. The van der Waals surface area contributed by atoms with E-state index in [4.69, 9.17) is 5.26 Å². The standard InChI is InChI=1S/C15H15N3S/c1-19-15(13-6-4-12(9-16)5-7-13)8-2-3-14-10-17-11-18(14)15/h2-8,17H,10-11H2,1H3. The molecule has 2 heterocycles. The lowest BCUT2D eigenvalue weighted by atomic mass is 10.00. The van der Waals surface area contributed by atoms with Crippen molar-refractivity contribution in [1.82, 2.24) is 10.2 Å². The fraction of sp³-hybridized carbons (Fsp3) is 0.267. The van der Waals surface area contributed by atoms with Gasteiger partial charge in [-0.15, -0.1) is 11.8 Å². The number of allylic oxidation sites excluding steroid dienone is 2. The Labute approximate surface area is 117 Å². The van der Waals surface area contributed by atoms with Crippen LogP contribution in [0.3, 0.4) is 0 Å². The van der Waals surface area contributed by atoms with Crippen LogP contribution in [0.2, 0.25) is 0 Å². The summed E-state index contributed by atoms with van der Waals surface area (Å²) < 4.78 is 0. The lowest BCUT2D eigenvalue weighted by Crippen LogP contribution is -2.41. The molecule has 3 rings (SSSR count). The van der Waals surface area contributed by atoms with Crippen molar-refractivity contribution in [2.45, 2.75) is 4.87 Å². The Morgan fingerprint density at radius 1 is 1.37 bits per heavy atom. The van der Waals surface area contributed by atoms with Gasteiger partial charge >= 0.3 is 0 Å². The van der Waals surface area contributed by atoms with Crippen LogP contribution in [0.1, 0.15) is 11.1 Å². The maximum absolute atomic E-state index is 8.91. The van der Waals surface area contributed by atoms with Crippen molar-refractivity contribution in [3.8, 4) is 6.07 Å². The third-order valence-electron chi connectivity index (χ3n) is 3.67. The summed E-state index contributed by atoms with van der Waals surface area (Å²) in [5.41, 5.74) is 3.24. The molecule has 0 amide bonds. The van der Waals surface area contributed by atoms with Gasteiger partial charge < -0.3 is 4.90 Å². The second-order valence-corrected chi connectivity index (χ2v) is 5.65. The molecule has 1 atom stereocenters. The Balaban J connectivity index is 2.05. The van der Waals surface area contributed by atoms with E-state index in [0.717, 1.165) is 13.2 Å². The number of hydrogen-bond donors (Lipinski definition) is 1. The van der Waals surface area contributed by atoms with Crippen molar-refractivity contribution in [3.63, 3.8) is 0 Å². The fourth-order valence-electron chi connectivity index (χ4n) is 2.68. The van der Waals surface area contributed by atoms with Crippen LogP contribution in [0.5, 0.6) is 0 Å². The van der Waals surface area contributed by atoms with Crippen molar-refractivity contribution >= 4 is 11.8 Å². The van der Waals surface area contributed by atoms with Gasteiger partial charge in [0.1, 0.15) is 4.87 Å². The summed E-state index contributed by atoms with van der Waals surface area (Å²) in [5.74, 6) is 0. The van der Waals surface area contributed by atoms with Gasteiger partial charge in [-0.2, -0.15) is 5.26 Å². The summed E-state index contributed by atoms with van der Waals surface area (Å²) in [5, 5.41) is 12.3. The quantitative estimate of drug-likeness (QED) is 0.895. The second kappa shape index (κ2) is 4.76. The Bertz CT molecular complexity index is 582. The van der Waals surface area contributed by atoms with Crippen LogP contribution < -0.4 is 5.32 Å². The van der Waals surface area contributed by atoms with E-state index in [2.05, 4.69) is 52.9 Å². The Hall–Kier alpha value is -1.70. The van der Waals surface area contributed by atoms with Crippen molar-refractivity contribution in [1.29, 1.82) is 5.26 Å². The van der Waals surface area contributed by atoms with Gasteiger partial charge in [-0.3, -0.25) is 5.32 Å². The van der Waals surface area contributed by atoms with Crippen molar-refractivity contribution in [2.24, 2.45) is 0 Å². The molecule has 0 aromatic heterocycles. The van der Waals surface area contributed by atoms with Gasteiger partial charge in [0, 0.05) is 12.2 Å². The molecule has 1 unspecified atom stereocenters. The van der Waals surface area contributed by atoms with Crippen molar-refractivity contribution in [2.75, 3.05) is 19.5 Å². The van der Waals surface area contributed by atoms with E-state index >= 15 is 0 Å². The minimum Gasteiger partial charge on any atom is -0.339 e. The van der Waals surface area contributed by atoms with Gasteiger partial charge in [-0.25, -0.2) is 0 Å². The molecular formula is C15H15N3S. The molecule has 2 aliphatic heterocycles. The first-order valence-corrected chi connectivity index (χ1v) is 7.45. The number of nitrogens with zero attached hydrogens (tertiary/aromatic N) is 2. The summed E-state index contributed by atoms with van der Waals surface area (Å²) in [6, 6.07) is 10.1. The molecular weight excluding hydrogens is 254 g/mol. The molecule has 0 bridgehead atoms. The van der Waals surface area contributed by atoms with E-state index in [9.17, 15) is 0 Å². The smallest absolute Gasteiger partial charge is 0.131 e. The van der Waals surface area contributed by atoms with E-state index in [0.29, 0.717) is 5.56 Å². The zero-order valence-electron chi connectivity index (χ0n) is 10.8. The largest absolute Gasteiger partial charge is 0.339 e. The summed E-state index contributed by atoms with van der Waals surface area (Å²) in [6.07, 6.45) is 8.66. The van der Waals surface area contributed by atoms with E-state index in [1.807, 2.05) is 23.9 Å². The van der Waals surface area contributed by atoms with Crippen molar-refractivity contribution in [3.05, 3.63) is 59.3 Å². The second-order valence-electron chi connectivity index (χ2n) is 4.62. The highest BCUT2D eigenvalue weighted by Crippen LogP contribution is 2.44. The zero-order chi connectivity index (χ0) is 13.3. The van der Waals surface area contributed by atoms with Gasteiger partial charge in [0.05, 0.1) is 18.3 Å². The molecule has 0 radical (unpaired) electrons. The summed E-state index contributed by atoms with van der Waals surface area (Å²) in [6.45, 7) is 1.78. The number of fused-ring (bicyclic) bond motifs is 1. The van der Waals surface area contributed by atoms with Gasteiger partial charge in [-0.1, -0.05) is 18.2 Å². The number of thioether (sulfide) groups is 1. The highest BCUT2D eigenvalue weighted by Gasteiger charge is 2.40. The molecule has 1 aromatic rings. The van der Waals surface area contributed by atoms with Gasteiger partial charge in [0.2, 0.25) is 0 Å². The molecule has 1 N–H and O–H groups in total. The van der Waals surface area contributed by atoms with Crippen molar-refractivity contribution < 1.29 is 0 Å². The van der Waals surface area contributed by atoms with E-state index in [1.54, 1.807) is 0 Å². The number of benzene rings is 1. The highest BCUT2D eigenvalue weighted by molar-refractivity contribution is 7.99. The van der Waals surface area contributed by atoms with Crippen LogP contribution in [0, 0.1) is 11.3 Å². The predicted molar refractivity (Wildman–Crippen MR) is 78.3 cm³/mol. The summed E-state index contributed by atoms with van der Waals surface area (Å²) >= 11 is 1.81. The number of rotatable bonds is 2. The molecule has 2 aliphatic rings. The first kappa shape index (κ1) is 12.3. The molecule has 1 saturated heterocycles. The first-order chi connectivity index (χ1) is 9.30. The van der Waals surface area contributed by atoms with Crippen LogP contribution in [-0.4, -0.2) is 24.4 Å². The molecule has 0 spiro atoms. The molecule has 0 saturated carbocycles. The maximum atomic E-state index is 8.91. The van der Waals surface area contributed by atoms with Gasteiger partial charge in [0.25, 0.3) is 0 Å². The number of hydrogen-bond acceptors (Lipinski definition) is 4. The fourth-order valence-corrected chi connectivity index (χ4v) is 3.67. The lowest BCUT2D eigenvalue weighted by Gasteiger charge is -2.42. The molecule has 0 aliphatic carbocycles. The third-order valence-corrected chi connectivity index (χ3v) is 4.89. The molecule has 96 valence electrons. The van der Waals surface area contributed by atoms with E-state index < -0.39 is 0 Å². The SMILES string of the molecule is CSC1(c2ccc(C#N)cc2)C=CC=C2CNCN21. The zero-order valence-corrected chi connectivity index (χ0v) is 11.6.